The van der Waals surface area contributed by atoms with Gasteiger partial charge >= 0.3 is 5.97 Å². The van der Waals surface area contributed by atoms with Gasteiger partial charge < -0.3 is 10.4 Å². The average molecular weight is 265 g/mol. The van der Waals surface area contributed by atoms with E-state index in [1.165, 1.54) is 24.6 Å². The summed E-state index contributed by atoms with van der Waals surface area (Å²) in [7, 11) is 0. The number of aromatic carboxylic acids is 1. The average Bonchev–Trinajstić information content (AvgIpc) is 2.41. The lowest BCUT2D eigenvalue weighted by Gasteiger charge is -2.32. The second kappa shape index (κ2) is 6.04. The van der Waals surface area contributed by atoms with E-state index >= 15 is 0 Å². The van der Waals surface area contributed by atoms with Gasteiger partial charge in [-0.15, -0.1) is 0 Å². The standard InChI is InChI=1S/C15H20FNO2/c1-2-10-5-3-4-6-13(10)17-14-9-11(15(18)19)7-8-12(14)16/h7-10,13,17H,2-6H2,1H3,(H,18,19). The number of halogens is 1. The van der Waals surface area contributed by atoms with E-state index in [-0.39, 0.29) is 17.4 Å². The summed E-state index contributed by atoms with van der Waals surface area (Å²) >= 11 is 0. The van der Waals surface area contributed by atoms with Gasteiger partial charge in [-0.05, 0) is 37.0 Å². The molecule has 2 atom stereocenters. The smallest absolute Gasteiger partial charge is 0.335 e. The molecule has 1 aromatic carbocycles. The summed E-state index contributed by atoms with van der Waals surface area (Å²) in [4.78, 5) is 10.9. The van der Waals surface area contributed by atoms with Gasteiger partial charge in [-0.1, -0.05) is 26.2 Å². The van der Waals surface area contributed by atoms with Crippen molar-refractivity contribution in [1.29, 1.82) is 0 Å². The van der Waals surface area contributed by atoms with Crippen LogP contribution >= 0.6 is 0 Å². The van der Waals surface area contributed by atoms with Gasteiger partial charge in [0, 0.05) is 6.04 Å². The van der Waals surface area contributed by atoms with Crippen molar-refractivity contribution in [2.75, 3.05) is 5.32 Å². The van der Waals surface area contributed by atoms with E-state index in [0.717, 1.165) is 25.7 Å². The van der Waals surface area contributed by atoms with Crippen LogP contribution in [0.5, 0.6) is 0 Å². The van der Waals surface area contributed by atoms with E-state index in [1.54, 1.807) is 0 Å². The molecule has 1 aliphatic rings. The molecule has 19 heavy (non-hydrogen) atoms. The second-order valence-corrected chi connectivity index (χ2v) is 5.20. The van der Waals surface area contributed by atoms with E-state index in [2.05, 4.69) is 12.2 Å². The predicted octanol–water partition coefficient (Wildman–Crippen LogP) is 3.90. The molecule has 1 aliphatic carbocycles. The van der Waals surface area contributed by atoms with Crippen LogP contribution in [-0.2, 0) is 0 Å². The summed E-state index contributed by atoms with van der Waals surface area (Å²) in [6.07, 6.45) is 5.63. The van der Waals surface area contributed by atoms with Gasteiger partial charge in [0.25, 0.3) is 0 Å². The fourth-order valence-corrected chi connectivity index (χ4v) is 2.85. The highest BCUT2D eigenvalue weighted by atomic mass is 19.1. The summed E-state index contributed by atoms with van der Waals surface area (Å²) in [5, 5.41) is 12.2. The van der Waals surface area contributed by atoms with Gasteiger partial charge in [-0.25, -0.2) is 9.18 Å². The molecule has 4 heteroatoms. The summed E-state index contributed by atoms with van der Waals surface area (Å²) in [6.45, 7) is 2.15. The van der Waals surface area contributed by atoms with Crippen molar-refractivity contribution < 1.29 is 14.3 Å². The van der Waals surface area contributed by atoms with Crippen molar-refractivity contribution in [1.82, 2.24) is 0 Å². The minimum atomic E-state index is -1.03. The Morgan fingerprint density at radius 1 is 1.42 bits per heavy atom. The Balaban J connectivity index is 2.17. The molecule has 2 rings (SSSR count). The molecule has 2 unspecified atom stereocenters. The van der Waals surface area contributed by atoms with Gasteiger partial charge in [-0.2, -0.15) is 0 Å². The van der Waals surface area contributed by atoms with E-state index in [9.17, 15) is 9.18 Å². The van der Waals surface area contributed by atoms with Crippen LogP contribution in [-0.4, -0.2) is 17.1 Å². The topological polar surface area (TPSA) is 49.3 Å². The third-order valence-corrected chi connectivity index (χ3v) is 3.99. The number of nitrogens with one attached hydrogen (secondary N) is 1. The molecule has 0 saturated heterocycles. The van der Waals surface area contributed by atoms with Gasteiger partial charge in [0.1, 0.15) is 5.82 Å². The first-order valence-corrected chi connectivity index (χ1v) is 6.91. The highest BCUT2D eigenvalue weighted by Gasteiger charge is 2.24. The van der Waals surface area contributed by atoms with Gasteiger partial charge in [0.2, 0.25) is 0 Å². The molecule has 0 aromatic heterocycles. The van der Waals surface area contributed by atoms with Crippen LogP contribution in [0.15, 0.2) is 18.2 Å². The van der Waals surface area contributed by atoms with Crippen LogP contribution < -0.4 is 5.32 Å². The van der Waals surface area contributed by atoms with Crippen LogP contribution in [0.1, 0.15) is 49.4 Å². The van der Waals surface area contributed by atoms with Crippen LogP contribution in [0.25, 0.3) is 0 Å². The van der Waals surface area contributed by atoms with E-state index in [0.29, 0.717) is 11.6 Å². The molecular formula is C15H20FNO2. The van der Waals surface area contributed by atoms with Crippen molar-refractivity contribution in [3.63, 3.8) is 0 Å². The first-order chi connectivity index (χ1) is 9.11. The van der Waals surface area contributed by atoms with E-state index in [1.807, 2.05) is 0 Å². The van der Waals surface area contributed by atoms with Crippen molar-refractivity contribution in [3.8, 4) is 0 Å². The molecule has 1 aromatic rings. The molecule has 0 bridgehead atoms. The van der Waals surface area contributed by atoms with E-state index < -0.39 is 5.97 Å². The number of anilines is 1. The number of carbonyl (C=O) groups is 1. The summed E-state index contributed by atoms with van der Waals surface area (Å²) in [5.74, 6) is -0.870. The largest absolute Gasteiger partial charge is 0.478 e. The molecule has 3 nitrogen and oxygen atoms in total. The maximum atomic E-state index is 13.8. The third-order valence-electron chi connectivity index (χ3n) is 3.99. The van der Waals surface area contributed by atoms with Crippen LogP contribution in [0.3, 0.4) is 0 Å². The molecule has 104 valence electrons. The SMILES string of the molecule is CCC1CCCCC1Nc1cc(C(=O)O)ccc1F. The maximum Gasteiger partial charge on any atom is 0.335 e. The number of carboxylic acids is 1. The highest BCUT2D eigenvalue weighted by molar-refractivity contribution is 5.88. The van der Waals surface area contributed by atoms with Crippen LogP contribution in [0.4, 0.5) is 10.1 Å². The van der Waals surface area contributed by atoms with Crippen molar-refractivity contribution in [2.45, 2.75) is 45.1 Å². The zero-order valence-electron chi connectivity index (χ0n) is 11.2. The molecule has 0 spiro atoms. The lowest BCUT2D eigenvalue weighted by molar-refractivity contribution is 0.0697. The lowest BCUT2D eigenvalue weighted by atomic mass is 9.83. The zero-order chi connectivity index (χ0) is 13.8. The number of hydrogen-bond donors (Lipinski definition) is 2. The van der Waals surface area contributed by atoms with Gasteiger partial charge in [0.15, 0.2) is 0 Å². The zero-order valence-corrected chi connectivity index (χ0v) is 11.2. The summed E-state index contributed by atoms with van der Waals surface area (Å²) in [6, 6.07) is 4.15. The number of rotatable bonds is 4. The Morgan fingerprint density at radius 2 is 2.16 bits per heavy atom. The Kier molecular flexibility index (Phi) is 4.40. The Labute approximate surface area is 112 Å². The first-order valence-electron chi connectivity index (χ1n) is 6.91. The molecule has 2 N–H and O–H groups in total. The monoisotopic (exact) mass is 265 g/mol. The fourth-order valence-electron chi connectivity index (χ4n) is 2.85. The van der Waals surface area contributed by atoms with E-state index in [4.69, 9.17) is 5.11 Å². The fraction of sp³-hybridized carbons (Fsp3) is 0.533. The predicted molar refractivity (Wildman–Crippen MR) is 73.0 cm³/mol. The maximum absolute atomic E-state index is 13.8. The third kappa shape index (κ3) is 3.25. The quantitative estimate of drug-likeness (QED) is 0.868. The molecule has 1 fully saturated rings. The molecule has 1 saturated carbocycles. The number of hydrogen-bond acceptors (Lipinski definition) is 2. The van der Waals surface area contributed by atoms with Crippen molar-refractivity contribution in [3.05, 3.63) is 29.6 Å². The van der Waals surface area contributed by atoms with Crippen molar-refractivity contribution in [2.24, 2.45) is 5.92 Å². The first kappa shape index (κ1) is 13.8. The highest BCUT2D eigenvalue weighted by Crippen LogP contribution is 2.30. The minimum absolute atomic E-state index is 0.118. The summed E-state index contributed by atoms with van der Waals surface area (Å²) < 4.78 is 13.8. The lowest BCUT2D eigenvalue weighted by Crippen LogP contribution is -2.32. The van der Waals surface area contributed by atoms with Gasteiger partial charge in [0.05, 0.1) is 11.3 Å². The normalized spacial score (nSPS) is 23.1. The molecule has 0 heterocycles. The van der Waals surface area contributed by atoms with Crippen molar-refractivity contribution >= 4 is 11.7 Å². The minimum Gasteiger partial charge on any atom is -0.478 e. The van der Waals surface area contributed by atoms with Gasteiger partial charge in [-0.3, -0.25) is 0 Å². The number of carboxylic acid groups (broad SMARTS) is 1. The molecule has 0 radical (unpaired) electrons. The summed E-state index contributed by atoms with van der Waals surface area (Å²) in [5.41, 5.74) is 0.429. The Hall–Kier alpha value is -1.58. The number of benzene rings is 1. The molecule has 0 aliphatic heterocycles. The van der Waals surface area contributed by atoms with Crippen LogP contribution in [0, 0.1) is 11.7 Å². The molecule has 0 amide bonds. The Bertz CT molecular complexity index is 461. The Morgan fingerprint density at radius 3 is 2.84 bits per heavy atom. The second-order valence-electron chi connectivity index (χ2n) is 5.20. The molecular weight excluding hydrogens is 245 g/mol. The van der Waals surface area contributed by atoms with Crippen LogP contribution in [0.2, 0.25) is 0 Å².